The smallest absolute Gasteiger partial charge is 0.215 e. The Morgan fingerprint density at radius 1 is 1.00 bits per heavy atom. The van der Waals surface area contributed by atoms with Gasteiger partial charge in [0.25, 0.3) is 0 Å². The van der Waals surface area contributed by atoms with Crippen LogP contribution in [0.1, 0.15) is 34.6 Å². The molecule has 2 N–H and O–H groups in total. The van der Waals surface area contributed by atoms with Crippen LogP contribution in [0.3, 0.4) is 0 Å². The molecule has 5 heteroatoms. The van der Waals surface area contributed by atoms with E-state index in [1.165, 1.54) is 0 Å². The minimum atomic E-state index is -3.16. The predicted octanol–water partition coefficient (Wildman–Crippen LogP) is 0.948. The van der Waals surface area contributed by atoms with Gasteiger partial charge in [-0.3, -0.25) is 0 Å². The van der Waals surface area contributed by atoms with Crippen molar-refractivity contribution in [1.29, 1.82) is 0 Å². The lowest BCUT2D eigenvalue weighted by molar-refractivity contribution is 0.529. The van der Waals surface area contributed by atoms with E-state index in [1.807, 2.05) is 27.7 Å². The normalized spacial score (nSPS) is 14.9. The lowest BCUT2D eigenvalue weighted by atomic mass is 10.2. The van der Waals surface area contributed by atoms with E-state index >= 15 is 0 Å². The number of hydrogen-bond donors (Lipinski definition) is 2. The van der Waals surface area contributed by atoms with Gasteiger partial charge in [0.1, 0.15) is 0 Å². The minimum Gasteiger partial charge on any atom is -0.313 e. The summed E-state index contributed by atoms with van der Waals surface area (Å²) in [4.78, 5) is 0. The number of rotatable bonds is 7. The number of hydrogen-bond acceptors (Lipinski definition) is 3. The molecule has 0 bridgehead atoms. The fourth-order valence-electron chi connectivity index (χ4n) is 0.936. The molecular formula is C10H24N2O2S. The molecule has 0 fully saturated rings. The number of nitrogens with one attached hydrogen (secondary N) is 2. The Morgan fingerprint density at radius 3 is 1.93 bits per heavy atom. The maximum Gasteiger partial charge on any atom is 0.215 e. The van der Waals surface area contributed by atoms with Crippen LogP contribution in [0.25, 0.3) is 0 Å². The summed E-state index contributed by atoms with van der Waals surface area (Å²) in [6.07, 6.45) is 0. The van der Waals surface area contributed by atoms with Crippen molar-refractivity contribution in [2.45, 2.75) is 45.9 Å². The van der Waals surface area contributed by atoms with Crippen molar-refractivity contribution in [3.05, 3.63) is 0 Å². The topological polar surface area (TPSA) is 58.2 Å². The molecule has 92 valence electrons. The molecule has 1 atom stereocenters. The maximum atomic E-state index is 11.7. The Labute approximate surface area is 93.9 Å². The van der Waals surface area contributed by atoms with Crippen LogP contribution in [0, 0.1) is 5.92 Å². The molecule has 0 aromatic carbocycles. The van der Waals surface area contributed by atoms with Crippen molar-refractivity contribution in [2.75, 3.05) is 13.1 Å². The summed E-state index contributed by atoms with van der Waals surface area (Å²) >= 11 is 0. The summed E-state index contributed by atoms with van der Waals surface area (Å²) in [7, 11) is -3.16. The summed E-state index contributed by atoms with van der Waals surface area (Å²) in [6.45, 7) is 10.7. The standard InChI is InChI=1S/C10H24N2O2S/c1-8(2)6-12-15(13,14)10(5)7-11-9(3)4/h8-12H,6-7H2,1-5H3. The van der Waals surface area contributed by atoms with Gasteiger partial charge in [0.2, 0.25) is 10.0 Å². The average Bonchev–Trinajstić information content (AvgIpc) is 2.11. The zero-order valence-corrected chi connectivity index (χ0v) is 11.2. The van der Waals surface area contributed by atoms with Crippen LogP contribution >= 0.6 is 0 Å². The first-order valence-electron chi connectivity index (χ1n) is 5.47. The third-order valence-corrected chi connectivity index (χ3v) is 3.83. The molecule has 1 unspecified atom stereocenters. The van der Waals surface area contributed by atoms with Crippen molar-refractivity contribution in [2.24, 2.45) is 5.92 Å². The Morgan fingerprint density at radius 2 is 1.53 bits per heavy atom. The highest BCUT2D eigenvalue weighted by molar-refractivity contribution is 7.90. The van der Waals surface area contributed by atoms with Crippen LogP contribution in [0.2, 0.25) is 0 Å². The summed E-state index contributed by atoms with van der Waals surface area (Å²) < 4.78 is 26.0. The van der Waals surface area contributed by atoms with Crippen molar-refractivity contribution in [3.8, 4) is 0 Å². The summed E-state index contributed by atoms with van der Waals surface area (Å²) in [6, 6.07) is 0.313. The van der Waals surface area contributed by atoms with Gasteiger partial charge in [0.15, 0.2) is 0 Å². The third-order valence-electron chi connectivity index (χ3n) is 2.04. The van der Waals surface area contributed by atoms with Gasteiger partial charge in [-0.25, -0.2) is 13.1 Å². The highest BCUT2D eigenvalue weighted by atomic mass is 32.2. The summed E-state index contributed by atoms with van der Waals surface area (Å²) in [5.74, 6) is 0.338. The van der Waals surface area contributed by atoms with Gasteiger partial charge in [-0.1, -0.05) is 27.7 Å². The molecule has 0 spiro atoms. The first kappa shape index (κ1) is 14.9. The molecule has 4 nitrogen and oxygen atoms in total. The Balaban J connectivity index is 4.09. The van der Waals surface area contributed by atoms with Crippen LogP contribution in [-0.2, 0) is 10.0 Å². The van der Waals surface area contributed by atoms with Crippen LogP contribution in [-0.4, -0.2) is 32.8 Å². The van der Waals surface area contributed by atoms with Gasteiger partial charge >= 0.3 is 0 Å². The fourth-order valence-corrected chi connectivity index (χ4v) is 2.10. The van der Waals surface area contributed by atoms with Crippen molar-refractivity contribution < 1.29 is 8.42 Å². The molecule has 0 rings (SSSR count). The molecule has 0 saturated carbocycles. The molecule has 0 aliphatic heterocycles. The quantitative estimate of drug-likeness (QED) is 0.692. The van der Waals surface area contributed by atoms with Gasteiger partial charge in [-0.05, 0) is 12.8 Å². The molecule has 0 amide bonds. The van der Waals surface area contributed by atoms with Crippen molar-refractivity contribution >= 4 is 10.0 Å². The van der Waals surface area contributed by atoms with Crippen molar-refractivity contribution in [3.63, 3.8) is 0 Å². The minimum absolute atomic E-state index is 0.313. The Hall–Kier alpha value is -0.130. The zero-order valence-electron chi connectivity index (χ0n) is 10.4. The second-order valence-electron chi connectivity index (χ2n) is 4.66. The fraction of sp³-hybridized carbons (Fsp3) is 1.00. The third kappa shape index (κ3) is 6.87. The van der Waals surface area contributed by atoms with Gasteiger partial charge in [-0.15, -0.1) is 0 Å². The molecule has 0 aliphatic carbocycles. The highest BCUT2D eigenvalue weighted by Crippen LogP contribution is 1.99. The first-order valence-corrected chi connectivity index (χ1v) is 7.02. The molecule has 15 heavy (non-hydrogen) atoms. The summed E-state index contributed by atoms with van der Waals surface area (Å²) in [5.41, 5.74) is 0. The lowest BCUT2D eigenvalue weighted by Crippen LogP contribution is -2.41. The molecular weight excluding hydrogens is 212 g/mol. The second kappa shape index (κ2) is 6.45. The van der Waals surface area contributed by atoms with Gasteiger partial charge < -0.3 is 5.32 Å². The average molecular weight is 236 g/mol. The molecule has 0 heterocycles. The van der Waals surface area contributed by atoms with E-state index in [1.54, 1.807) is 6.92 Å². The molecule has 0 aromatic rings. The molecule has 0 aliphatic rings. The van der Waals surface area contributed by atoms with Crippen molar-refractivity contribution in [1.82, 2.24) is 10.0 Å². The highest BCUT2D eigenvalue weighted by Gasteiger charge is 2.20. The van der Waals surface area contributed by atoms with E-state index in [9.17, 15) is 8.42 Å². The molecule has 0 aromatic heterocycles. The largest absolute Gasteiger partial charge is 0.313 e. The first-order chi connectivity index (χ1) is 6.75. The second-order valence-corrected chi connectivity index (χ2v) is 6.84. The zero-order chi connectivity index (χ0) is 12.1. The number of sulfonamides is 1. The monoisotopic (exact) mass is 236 g/mol. The van der Waals surface area contributed by atoms with E-state index in [4.69, 9.17) is 0 Å². The van der Waals surface area contributed by atoms with E-state index in [-0.39, 0.29) is 0 Å². The van der Waals surface area contributed by atoms with Crippen LogP contribution < -0.4 is 10.0 Å². The Bertz CT molecular complexity index is 261. The van der Waals surface area contributed by atoms with E-state index in [2.05, 4.69) is 10.0 Å². The molecule has 0 saturated heterocycles. The summed E-state index contributed by atoms with van der Waals surface area (Å²) in [5, 5.41) is 2.73. The van der Waals surface area contributed by atoms with Crippen LogP contribution in [0.4, 0.5) is 0 Å². The predicted molar refractivity (Wildman–Crippen MR) is 64.4 cm³/mol. The lowest BCUT2D eigenvalue weighted by Gasteiger charge is -2.17. The van der Waals surface area contributed by atoms with Crippen LogP contribution in [0.5, 0.6) is 0 Å². The maximum absolute atomic E-state index is 11.7. The van der Waals surface area contributed by atoms with Crippen LogP contribution in [0.15, 0.2) is 0 Å². The van der Waals surface area contributed by atoms with Gasteiger partial charge in [0, 0.05) is 19.1 Å². The Kier molecular flexibility index (Phi) is 6.40. The van der Waals surface area contributed by atoms with Gasteiger partial charge in [-0.2, -0.15) is 0 Å². The van der Waals surface area contributed by atoms with E-state index in [0.717, 1.165) is 0 Å². The molecule has 0 radical (unpaired) electrons. The van der Waals surface area contributed by atoms with Gasteiger partial charge in [0.05, 0.1) is 5.25 Å². The van der Waals surface area contributed by atoms with E-state index in [0.29, 0.717) is 25.0 Å². The SMILES string of the molecule is CC(C)CNS(=O)(=O)C(C)CNC(C)C. The van der Waals surface area contributed by atoms with E-state index < -0.39 is 15.3 Å².